The molecule has 0 atom stereocenters. The quantitative estimate of drug-likeness (QED) is 0.690. The van der Waals surface area contributed by atoms with Gasteiger partial charge in [0.25, 0.3) is 10.0 Å². The molecule has 0 amide bonds. The Bertz CT molecular complexity index is 1080. The van der Waals surface area contributed by atoms with E-state index in [4.69, 9.17) is 19.9 Å². The van der Waals surface area contributed by atoms with Crippen LogP contribution in [-0.2, 0) is 10.0 Å². The Kier molecular flexibility index (Phi) is 4.95. The highest BCUT2D eigenvalue weighted by Gasteiger charge is 2.24. The van der Waals surface area contributed by atoms with Crippen LogP contribution in [0, 0.1) is 0 Å². The zero-order valence-corrected chi connectivity index (χ0v) is 15.9. The van der Waals surface area contributed by atoms with Gasteiger partial charge in [-0.15, -0.1) is 5.10 Å². The normalized spacial score (nSPS) is 11.2. The smallest absolute Gasteiger partial charge is 0.286 e. The van der Waals surface area contributed by atoms with Crippen molar-refractivity contribution in [2.24, 2.45) is 0 Å². The molecular formula is C18H19N3O5S. The number of hydrogen-bond acceptors (Lipinski definition) is 7. The summed E-state index contributed by atoms with van der Waals surface area (Å²) in [5.74, 6) is 1.34. The molecular weight excluding hydrogens is 370 g/mol. The largest absolute Gasteiger partial charge is 0.495 e. The van der Waals surface area contributed by atoms with Crippen LogP contribution in [0.1, 0.15) is 0 Å². The molecule has 1 aromatic heterocycles. The summed E-state index contributed by atoms with van der Waals surface area (Å²) in [5, 5.41) is 3.99. The van der Waals surface area contributed by atoms with E-state index < -0.39 is 10.0 Å². The molecule has 2 N–H and O–H groups in total. The first kappa shape index (κ1) is 18.6. The maximum absolute atomic E-state index is 13.0. The molecule has 3 aromatic rings. The van der Waals surface area contributed by atoms with E-state index in [0.29, 0.717) is 22.6 Å². The van der Waals surface area contributed by atoms with E-state index in [1.807, 2.05) is 0 Å². The van der Waals surface area contributed by atoms with Gasteiger partial charge < -0.3 is 19.9 Å². The van der Waals surface area contributed by atoms with Gasteiger partial charge in [0.2, 0.25) is 0 Å². The van der Waals surface area contributed by atoms with Crippen molar-refractivity contribution in [2.75, 3.05) is 27.1 Å². The van der Waals surface area contributed by atoms with E-state index >= 15 is 0 Å². The number of nitrogens with two attached hydrogens (primary N) is 1. The summed E-state index contributed by atoms with van der Waals surface area (Å²) in [6.07, 6.45) is 1.36. The number of ether oxygens (including phenoxy) is 3. The van der Waals surface area contributed by atoms with Gasteiger partial charge >= 0.3 is 0 Å². The molecule has 1 heterocycles. The number of aromatic nitrogens is 2. The number of benzene rings is 2. The first-order chi connectivity index (χ1) is 12.9. The number of anilines is 1. The van der Waals surface area contributed by atoms with Crippen LogP contribution in [0.4, 0.5) is 5.82 Å². The third-order valence-corrected chi connectivity index (χ3v) is 5.58. The van der Waals surface area contributed by atoms with Gasteiger partial charge in [-0.1, -0.05) is 18.2 Å². The van der Waals surface area contributed by atoms with Gasteiger partial charge in [-0.3, -0.25) is 0 Å². The number of nitrogen functional groups attached to an aromatic ring is 1. The second kappa shape index (κ2) is 7.20. The van der Waals surface area contributed by atoms with Gasteiger partial charge in [-0.05, 0) is 29.8 Å². The lowest BCUT2D eigenvalue weighted by Crippen LogP contribution is -2.14. The van der Waals surface area contributed by atoms with Crippen molar-refractivity contribution in [3.8, 4) is 28.4 Å². The Morgan fingerprint density at radius 1 is 0.926 bits per heavy atom. The molecule has 0 bridgehead atoms. The van der Waals surface area contributed by atoms with Crippen LogP contribution in [0.15, 0.2) is 53.6 Å². The van der Waals surface area contributed by atoms with Crippen LogP contribution >= 0.6 is 0 Å². The average molecular weight is 389 g/mol. The van der Waals surface area contributed by atoms with E-state index in [9.17, 15) is 8.42 Å². The van der Waals surface area contributed by atoms with Gasteiger partial charge in [0.1, 0.15) is 10.6 Å². The highest BCUT2D eigenvalue weighted by atomic mass is 32.2. The lowest BCUT2D eigenvalue weighted by atomic mass is 10.1. The third kappa shape index (κ3) is 3.28. The Morgan fingerprint density at radius 3 is 2.26 bits per heavy atom. The molecule has 0 unspecified atom stereocenters. The minimum Gasteiger partial charge on any atom is -0.495 e. The number of nitrogens with zero attached hydrogens (tertiary/aromatic N) is 2. The topological polar surface area (TPSA) is 106 Å². The monoisotopic (exact) mass is 389 g/mol. The van der Waals surface area contributed by atoms with E-state index in [1.54, 1.807) is 36.4 Å². The fourth-order valence-corrected chi connectivity index (χ4v) is 3.94. The predicted molar refractivity (Wildman–Crippen MR) is 101 cm³/mol. The van der Waals surface area contributed by atoms with Gasteiger partial charge in [-0.25, -0.2) is 0 Å². The second-order valence-electron chi connectivity index (χ2n) is 5.53. The second-order valence-corrected chi connectivity index (χ2v) is 7.29. The van der Waals surface area contributed by atoms with Gasteiger partial charge in [0.05, 0.1) is 27.5 Å². The lowest BCUT2D eigenvalue weighted by Gasteiger charge is -2.09. The summed E-state index contributed by atoms with van der Waals surface area (Å²) in [6, 6.07) is 11.5. The molecule has 0 saturated heterocycles. The Hall–Kier alpha value is -3.20. The number of para-hydroxylation sites is 1. The molecule has 0 aliphatic carbocycles. The molecule has 0 radical (unpaired) electrons. The minimum absolute atomic E-state index is 0.00568. The molecule has 2 aromatic carbocycles. The molecule has 142 valence electrons. The van der Waals surface area contributed by atoms with Crippen LogP contribution in [0.3, 0.4) is 0 Å². The predicted octanol–water partition coefficient (Wildman–Crippen LogP) is 2.40. The minimum atomic E-state index is -3.98. The first-order valence-electron chi connectivity index (χ1n) is 7.88. The molecule has 8 nitrogen and oxygen atoms in total. The number of hydrogen-bond donors (Lipinski definition) is 1. The molecule has 0 aliphatic rings. The molecule has 0 fully saturated rings. The van der Waals surface area contributed by atoms with Crippen molar-refractivity contribution in [3.05, 3.63) is 48.7 Å². The van der Waals surface area contributed by atoms with E-state index in [1.165, 1.54) is 33.6 Å². The van der Waals surface area contributed by atoms with Crippen molar-refractivity contribution < 1.29 is 22.6 Å². The van der Waals surface area contributed by atoms with Crippen LogP contribution < -0.4 is 19.9 Å². The zero-order valence-electron chi connectivity index (χ0n) is 15.0. The molecule has 0 saturated carbocycles. The number of methoxy groups -OCH3 is 3. The fraction of sp³-hybridized carbons (Fsp3) is 0.167. The van der Waals surface area contributed by atoms with Gasteiger partial charge in [-0.2, -0.15) is 12.5 Å². The van der Waals surface area contributed by atoms with Crippen LogP contribution in [-0.4, -0.2) is 38.9 Å². The summed E-state index contributed by atoms with van der Waals surface area (Å²) >= 11 is 0. The standard InChI is InChI=1S/C18H19N3O5S/c1-24-14-9-8-12(10-16(14)26-3)13-11-21(20-18(13)19)27(22,23)17-7-5-4-6-15(17)25-2/h4-11H,1-3H3,(H2,19,20). The molecule has 3 rings (SSSR count). The summed E-state index contributed by atoms with van der Waals surface area (Å²) in [7, 11) is 0.474. The summed E-state index contributed by atoms with van der Waals surface area (Å²) in [5.41, 5.74) is 7.08. The highest BCUT2D eigenvalue weighted by Crippen LogP contribution is 2.35. The van der Waals surface area contributed by atoms with Crippen molar-refractivity contribution in [3.63, 3.8) is 0 Å². The Morgan fingerprint density at radius 2 is 1.59 bits per heavy atom. The highest BCUT2D eigenvalue weighted by molar-refractivity contribution is 7.90. The molecule has 0 spiro atoms. The number of rotatable bonds is 6. The first-order valence-corrected chi connectivity index (χ1v) is 9.32. The maximum Gasteiger partial charge on any atom is 0.286 e. The maximum atomic E-state index is 13.0. The van der Waals surface area contributed by atoms with Crippen molar-refractivity contribution in [1.82, 2.24) is 9.19 Å². The SMILES string of the molecule is COc1ccc(-c2cn(S(=O)(=O)c3ccccc3OC)nc2N)cc1OC. The van der Waals surface area contributed by atoms with Gasteiger partial charge in [0, 0.05) is 5.56 Å². The van der Waals surface area contributed by atoms with E-state index in [0.717, 1.165) is 4.09 Å². The van der Waals surface area contributed by atoms with Crippen LogP contribution in [0.25, 0.3) is 11.1 Å². The molecule has 27 heavy (non-hydrogen) atoms. The fourth-order valence-electron chi connectivity index (χ4n) is 2.65. The average Bonchev–Trinajstić information content (AvgIpc) is 3.09. The Labute approximate surface area is 157 Å². The molecule has 9 heteroatoms. The van der Waals surface area contributed by atoms with Crippen LogP contribution in [0.5, 0.6) is 17.2 Å². The van der Waals surface area contributed by atoms with Gasteiger partial charge in [0.15, 0.2) is 17.3 Å². The zero-order chi connectivity index (χ0) is 19.6. The van der Waals surface area contributed by atoms with Crippen molar-refractivity contribution in [2.45, 2.75) is 4.90 Å². The summed E-state index contributed by atoms with van der Waals surface area (Å²) < 4.78 is 42.4. The lowest BCUT2D eigenvalue weighted by molar-refractivity contribution is 0.355. The van der Waals surface area contributed by atoms with E-state index in [-0.39, 0.29) is 16.5 Å². The third-order valence-electron chi connectivity index (χ3n) is 4.01. The molecule has 0 aliphatic heterocycles. The van der Waals surface area contributed by atoms with E-state index in [2.05, 4.69) is 5.10 Å². The van der Waals surface area contributed by atoms with Crippen molar-refractivity contribution >= 4 is 15.8 Å². The Balaban J connectivity index is 2.09. The van der Waals surface area contributed by atoms with Crippen molar-refractivity contribution in [1.29, 1.82) is 0 Å². The summed E-state index contributed by atoms with van der Waals surface area (Å²) in [6.45, 7) is 0. The van der Waals surface area contributed by atoms with Crippen LogP contribution in [0.2, 0.25) is 0 Å². The summed E-state index contributed by atoms with van der Waals surface area (Å²) in [4.78, 5) is -0.00568.